The Morgan fingerprint density at radius 1 is 1.21 bits per heavy atom. The van der Waals surface area contributed by atoms with Crippen molar-refractivity contribution in [3.8, 4) is 0 Å². The summed E-state index contributed by atoms with van der Waals surface area (Å²) in [7, 11) is 0. The van der Waals surface area contributed by atoms with Crippen LogP contribution in [-0.4, -0.2) is 5.78 Å². The van der Waals surface area contributed by atoms with Crippen LogP contribution in [0.1, 0.15) is 18.1 Å². The number of Topliss-reactive ketones (excluding diaryl/α,β-unsaturated/α-hetero) is 1. The van der Waals surface area contributed by atoms with Gasteiger partial charge in [0.05, 0.1) is 0 Å². The minimum atomic E-state index is 0.167. The van der Waals surface area contributed by atoms with Crippen molar-refractivity contribution in [2.24, 2.45) is 0 Å². The Bertz CT molecular complexity index is 607. The summed E-state index contributed by atoms with van der Waals surface area (Å²) in [4.78, 5) is 12.6. The number of pyridine rings is 1. The summed E-state index contributed by atoms with van der Waals surface area (Å²) < 4.78 is 2.01. The molecule has 0 N–H and O–H groups in total. The Kier molecular flexibility index (Phi) is 4.38. The minimum absolute atomic E-state index is 0.167. The maximum Gasteiger partial charge on any atom is 0.245 e. The Labute approximate surface area is 118 Å². The maximum atomic E-state index is 11.3. The number of aryl methyl sites for hydroxylation is 2. The van der Waals surface area contributed by atoms with Crippen LogP contribution in [0, 0.1) is 13.8 Å². The smallest absolute Gasteiger partial charge is 0.245 e. The molecule has 0 aliphatic carbocycles. The van der Waals surface area contributed by atoms with Crippen molar-refractivity contribution in [3.05, 3.63) is 53.7 Å². The van der Waals surface area contributed by atoms with Gasteiger partial charge in [0.1, 0.15) is 0 Å². The maximum absolute atomic E-state index is 11.3. The summed E-state index contributed by atoms with van der Waals surface area (Å²) >= 11 is 1.71. The van der Waals surface area contributed by atoms with Crippen molar-refractivity contribution in [1.82, 2.24) is 0 Å². The molecule has 3 heteroatoms. The highest BCUT2D eigenvalue weighted by Gasteiger charge is 2.15. The molecule has 0 spiro atoms. The zero-order valence-electron chi connectivity index (χ0n) is 11.5. The van der Waals surface area contributed by atoms with Gasteiger partial charge in [-0.05, 0) is 42.8 Å². The molecule has 0 unspecified atom stereocenters. The number of nitrogens with zero attached hydrogens (tertiary/aromatic N) is 1. The highest BCUT2D eigenvalue weighted by Crippen LogP contribution is 2.28. The van der Waals surface area contributed by atoms with Crippen LogP contribution >= 0.6 is 11.8 Å². The largest absolute Gasteiger partial charge is 0.293 e. The van der Waals surface area contributed by atoms with Gasteiger partial charge in [-0.25, -0.2) is 0 Å². The summed E-state index contributed by atoms with van der Waals surface area (Å²) in [5.74, 6) is 0.167. The number of aromatic nitrogens is 1. The van der Waals surface area contributed by atoms with Gasteiger partial charge >= 0.3 is 0 Å². The summed E-state index contributed by atoms with van der Waals surface area (Å²) in [5.41, 5.74) is 2.46. The third-order valence-electron chi connectivity index (χ3n) is 2.85. The number of carbonyl (C=O) groups excluding carboxylic acids is 1. The Hall–Kier alpha value is -1.61. The third-order valence-corrected chi connectivity index (χ3v) is 4.09. The molecule has 2 aromatic rings. The molecule has 0 aliphatic heterocycles. The van der Waals surface area contributed by atoms with Crippen molar-refractivity contribution < 1.29 is 9.36 Å². The first-order valence-electron chi connectivity index (χ1n) is 6.29. The summed E-state index contributed by atoms with van der Waals surface area (Å²) in [5, 5.41) is 1.10. The van der Waals surface area contributed by atoms with Crippen molar-refractivity contribution in [2.75, 3.05) is 0 Å². The van der Waals surface area contributed by atoms with Gasteiger partial charge in [-0.3, -0.25) is 4.79 Å². The van der Waals surface area contributed by atoms with E-state index >= 15 is 0 Å². The molecule has 2 nitrogen and oxygen atoms in total. The first-order valence-corrected chi connectivity index (χ1v) is 7.11. The average molecular weight is 272 g/mol. The molecule has 0 saturated carbocycles. The molecule has 98 valence electrons. The number of carbonyl (C=O) groups is 1. The van der Waals surface area contributed by atoms with E-state index < -0.39 is 0 Å². The molecular formula is C16H18NOS+. The predicted octanol–water partition coefficient (Wildman–Crippen LogP) is 3.33. The van der Waals surface area contributed by atoms with Crippen LogP contribution < -0.4 is 4.57 Å². The minimum Gasteiger partial charge on any atom is -0.293 e. The van der Waals surface area contributed by atoms with Gasteiger partial charge in [0.2, 0.25) is 11.6 Å². The molecule has 0 aliphatic rings. The summed E-state index contributed by atoms with van der Waals surface area (Å²) in [6.07, 6.45) is 1.98. The predicted molar refractivity (Wildman–Crippen MR) is 77.4 cm³/mol. The van der Waals surface area contributed by atoms with Gasteiger partial charge in [-0.2, -0.15) is 4.57 Å². The zero-order chi connectivity index (χ0) is 13.8. The lowest BCUT2D eigenvalue weighted by Crippen LogP contribution is -2.39. The molecule has 0 amide bonds. The first kappa shape index (κ1) is 13.8. The topological polar surface area (TPSA) is 20.9 Å². The molecule has 0 radical (unpaired) electrons. The molecule has 1 aromatic carbocycles. The van der Waals surface area contributed by atoms with Crippen LogP contribution in [0.4, 0.5) is 0 Å². The highest BCUT2D eigenvalue weighted by molar-refractivity contribution is 7.99. The molecule has 1 aromatic heterocycles. The lowest BCUT2D eigenvalue weighted by atomic mass is 10.2. The average Bonchev–Trinajstić information content (AvgIpc) is 2.35. The normalized spacial score (nSPS) is 10.5. The second-order valence-corrected chi connectivity index (χ2v) is 5.80. The van der Waals surface area contributed by atoms with E-state index in [9.17, 15) is 4.79 Å². The van der Waals surface area contributed by atoms with Gasteiger partial charge in [-0.15, -0.1) is 0 Å². The van der Waals surface area contributed by atoms with Crippen LogP contribution in [0.25, 0.3) is 0 Å². The van der Waals surface area contributed by atoms with Crippen molar-refractivity contribution in [1.29, 1.82) is 0 Å². The van der Waals surface area contributed by atoms with Crippen LogP contribution in [0.15, 0.2) is 52.5 Å². The van der Waals surface area contributed by atoms with E-state index in [-0.39, 0.29) is 5.78 Å². The van der Waals surface area contributed by atoms with E-state index in [2.05, 4.69) is 32.0 Å². The van der Waals surface area contributed by atoms with Gasteiger partial charge in [0, 0.05) is 24.0 Å². The van der Waals surface area contributed by atoms with E-state index in [1.54, 1.807) is 18.7 Å². The second kappa shape index (κ2) is 6.02. The molecule has 2 rings (SSSR count). The van der Waals surface area contributed by atoms with Crippen molar-refractivity contribution in [2.45, 2.75) is 37.2 Å². The quantitative estimate of drug-likeness (QED) is 0.796. The van der Waals surface area contributed by atoms with Gasteiger partial charge in [-0.1, -0.05) is 18.2 Å². The number of rotatable bonds is 4. The van der Waals surface area contributed by atoms with Crippen molar-refractivity contribution >= 4 is 17.5 Å². The molecular weight excluding hydrogens is 254 g/mol. The zero-order valence-corrected chi connectivity index (χ0v) is 12.3. The van der Waals surface area contributed by atoms with Gasteiger partial charge in [0.15, 0.2) is 12.0 Å². The summed E-state index contributed by atoms with van der Waals surface area (Å²) in [6.45, 7) is 6.22. The SMILES string of the molecule is CC(=O)C[n+]1ccc(C)cc1Sc1ccccc1C. The van der Waals surface area contributed by atoms with Crippen LogP contribution in [0.5, 0.6) is 0 Å². The lowest BCUT2D eigenvalue weighted by Gasteiger charge is -2.05. The van der Waals surface area contributed by atoms with Gasteiger partial charge in [0.25, 0.3) is 0 Å². The van der Waals surface area contributed by atoms with Gasteiger partial charge < -0.3 is 0 Å². The van der Waals surface area contributed by atoms with E-state index in [0.29, 0.717) is 6.54 Å². The van der Waals surface area contributed by atoms with Crippen LogP contribution in [0.2, 0.25) is 0 Å². The number of hydrogen-bond donors (Lipinski definition) is 0. The molecule has 19 heavy (non-hydrogen) atoms. The fourth-order valence-corrected chi connectivity index (χ4v) is 2.94. The lowest BCUT2D eigenvalue weighted by molar-refractivity contribution is -0.720. The van der Waals surface area contributed by atoms with E-state index in [1.807, 2.05) is 29.0 Å². The fourth-order valence-electron chi connectivity index (χ4n) is 1.85. The molecule has 1 heterocycles. The standard InChI is InChI=1S/C16H18NOS/c1-12-8-9-17(11-14(3)18)16(10-12)19-15-7-5-4-6-13(15)2/h4-10H,11H2,1-3H3/q+1. The first-order chi connectivity index (χ1) is 9.06. The van der Waals surface area contributed by atoms with E-state index in [4.69, 9.17) is 0 Å². The monoisotopic (exact) mass is 272 g/mol. The summed E-state index contributed by atoms with van der Waals surface area (Å²) in [6, 6.07) is 12.5. The third kappa shape index (κ3) is 3.67. The number of hydrogen-bond acceptors (Lipinski definition) is 2. The Morgan fingerprint density at radius 3 is 2.63 bits per heavy atom. The Balaban J connectivity index is 2.35. The Morgan fingerprint density at radius 2 is 1.95 bits per heavy atom. The molecule has 0 atom stereocenters. The van der Waals surface area contributed by atoms with E-state index in [0.717, 1.165) is 5.03 Å². The van der Waals surface area contributed by atoms with Crippen LogP contribution in [0.3, 0.4) is 0 Å². The van der Waals surface area contributed by atoms with Crippen molar-refractivity contribution in [3.63, 3.8) is 0 Å². The highest BCUT2D eigenvalue weighted by atomic mass is 32.2. The van der Waals surface area contributed by atoms with E-state index in [1.165, 1.54) is 16.0 Å². The second-order valence-electron chi connectivity index (χ2n) is 4.74. The fraction of sp³-hybridized carbons (Fsp3) is 0.250. The molecule has 0 bridgehead atoms. The molecule has 0 fully saturated rings. The van der Waals surface area contributed by atoms with Crippen LogP contribution in [-0.2, 0) is 11.3 Å². The molecule has 0 saturated heterocycles. The number of benzene rings is 1. The number of ketones is 1.